The molecule has 126 valence electrons. The molecular weight excluding hydrogens is 314 g/mol. The zero-order valence-electron chi connectivity index (χ0n) is 13.9. The van der Waals surface area contributed by atoms with Crippen LogP contribution in [-0.4, -0.2) is 27.7 Å². The van der Waals surface area contributed by atoms with Crippen molar-refractivity contribution >= 4 is 17.3 Å². The Morgan fingerprint density at radius 1 is 1.12 bits per heavy atom. The Kier molecular flexibility index (Phi) is 5.21. The zero-order chi connectivity index (χ0) is 17.5. The second-order valence-corrected chi connectivity index (χ2v) is 5.47. The zero-order valence-corrected chi connectivity index (χ0v) is 13.9. The van der Waals surface area contributed by atoms with Gasteiger partial charge in [0.25, 0.3) is 5.91 Å². The molecule has 0 unspecified atom stereocenters. The van der Waals surface area contributed by atoms with Crippen molar-refractivity contribution in [3.63, 3.8) is 0 Å². The maximum Gasteiger partial charge on any atom is 0.259 e. The monoisotopic (exact) mass is 333 g/mol. The third kappa shape index (κ3) is 4.54. The first-order chi connectivity index (χ1) is 12.2. The van der Waals surface area contributed by atoms with Crippen molar-refractivity contribution in [3.8, 4) is 5.69 Å². The van der Waals surface area contributed by atoms with Gasteiger partial charge in [-0.2, -0.15) is 5.10 Å². The van der Waals surface area contributed by atoms with Gasteiger partial charge < -0.3 is 9.88 Å². The number of carbonyl (C=O) groups excluding carboxylic acids is 1. The number of nitrogens with zero attached hydrogens (tertiary/aromatic N) is 3. The molecule has 1 heterocycles. The molecule has 2 aromatic carbocycles. The molecule has 0 radical (unpaired) electrons. The average Bonchev–Trinajstić information content (AvgIpc) is 3.20. The number of anilines is 1. The number of hydrogen-bond donors (Lipinski definition) is 2. The lowest BCUT2D eigenvalue weighted by molar-refractivity contribution is -0.119. The molecular formula is C19H19N5O. The van der Waals surface area contributed by atoms with Gasteiger partial charge in [0.05, 0.1) is 18.6 Å². The van der Waals surface area contributed by atoms with E-state index < -0.39 is 0 Å². The third-order valence-corrected chi connectivity index (χ3v) is 3.66. The van der Waals surface area contributed by atoms with Gasteiger partial charge in [-0.1, -0.05) is 30.3 Å². The van der Waals surface area contributed by atoms with Gasteiger partial charge in [0.1, 0.15) is 0 Å². The van der Waals surface area contributed by atoms with Gasteiger partial charge in [-0.3, -0.25) is 4.79 Å². The molecule has 3 rings (SSSR count). The molecule has 25 heavy (non-hydrogen) atoms. The fourth-order valence-electron chi connectivity index (χ4n) is 2.28. The fraction of sp³-hybridized carbons (Fsp3) is 0.105. The summed E-state index contributed by atoms with van der Waals surface area (Å²) >= 11 is 0. The van der Waals surface area contributed by atoms with Crippen molar-refractivity contribution in [2.75, 3.05) is 11.9 Å². The number of aromatic nitrogens is 2. The summed E-state index contributed by atoms with van der Waals surface area (Å²) in [7, 11) is 0. The third-order valence-electron chi connectivity index (χ3n) is 3.66. The summed E-state index contributed by atoms with van der Waals surface area (Å²) in [5.74, 6) is -0.196. The molecule has 1 aromatic heterocycles. The van der Waals surface area contributed by atoms with E-state index in [0.717, 1.165) is 22.6 Å². The molecule has 3 aromatic rings. The molecule has 0 bridgehead atoms. The molecule has 6 nitrogen and oxygen atoms in total. The van der Waals surface area contributed by atoms with E-state index in [1.807, 2.05) is 72.3 Å². The average molecular weight is 333 g/mol. The summed E-state index contributed by atoms with van der Waals surface area (Å²) in [6.45, 7) is 2.03. The molecule has 6 heteroatoms. The largest absolute Gasteiger partial charge is 0.376 e. The van der Waals surface area contributed by atoms with E-state index in [4.69, 9.17) is 0 Å². The van der Waals surface area contributed by atoms with Crippen LogP contribution in [0, 0.1) is 0 Å². The van der Waals surface area contributed by atoms with Crippen LogP contribution in [0.2, 0.25) is 0 Å². The highest BCUT2D eigenvalue weighted by atomic mass is 16.2. The molecule has 2 N–H and O–H groups in total. The van der Waals surface area contributed by atoms with E-state index in [0.29, 0.717) is 0 Å². The summed E-state index contributed by atoms with van der Waals surface area (Å²) in [4.78, 5) is 15.9. The summed E-state index contributed by atoms with van der Waals surface area (Å²) in [6, 6.07) is 17.4. The molecule has 0 fully saturated rings. The molecule has 0 saturated carbocycles. The van der Waals surface area contributed by atoms with Gasteiger partial charge in [0.2, 0.25) is 0 Å². The number of hydrazone groups is 1. The minimum absolute atomic E-state index is 0.167. The lowest BCUT2D eigenvalue weighted by Crippen LogP contribution is -2.26. The first-order valence-corrected chi connectivity index (χ1v) is 7.93. The van der Waals surface area contributed by atoms with Crippen LogP contribution in [0.15, 0.2) is 78.4 Å². The number of nitrogens with one attached hydrogen (secondary N) is 2. The first kappa shape index (κ1) is 16.4. The van der Waals surface area contributed by atoms with E-state index in [2.05, 4.69) is 20.8 Å². The van der Waals surface area contributed by atoms with Gasteiger partial charge in [0, 0.05) is 23.8 Å². The van der Waals surface area contributed by atoms with Crippen molar-refractivity contribution in [2.45, 2.75) is 6.92 Å². The highest BCUT2D eigenvalue weighted by Gasteiger charge is 2.02. The second kappa shape index (κ2) is 7.92. The quantitative estimate of drug-likeness (QED) is 0.538. The van der Waals surface area contributed by atoms with Crippen molar-refractivity contribution in [1.82, 2.24) is 15.0 Å². The number of amides is 1. The molecule has 0 saturated heterocycles. The number of benzene rings is 2. The lowest BCUT2D eigenvalue weighted by atomic mass is 10.1. The topological polar surface area (TPSA) is 71.3 Å². The van der Waals surface area contributed by atoms with Gasteiger partial charge in [-0.25, -0.2) is 10.4 Å². The van der Waals surface area contributed by atoms with Gasteiger partial charge in [-0.05, 0) is 36.8 Å². The molecule has 0 aliphatic carbocycles. The van der Waals surface area contributed by atoms with Crippen molar-refractivity contribution in [1.29, 1.82) is 0 Å². The van der Waals surface area contributed by atoms with Crippen molar-refractivity contribution in [3.05, 3.63) is 78.9 Å². The highest BCUT2D eigenvalue weighted by Crippen LogP contribution is 2.10. The molecule has 0 aliphatic rings. The fourth-order valence-corrected chi connectivity index (χ4v) is 2.28. The van der Waals surface area contributed by atoms with Crippen molar-refractivity contribution < 1.29 is 4.79 Å². The number of rotatable bonds is 6. The van der Waals surface area contributed by atoms with E-state index in [-0.39, 0.29) is 12.5 Å². The first-order valence-electron chi connectivity index (χ1n) is 7.93. The molecule has 1 amide bonds. The predicted molar refractivity (Wildman–Crippen MR) is 98.8 cm³/mol. The number of para-hydroxylation sites is 1. The Morgan fingerprint density at radius 3 is 2.56 bits per heavy atom. The van der Waals surface area contributed by atoms with Crippen LogP contribution in [0.25, 0.3) is 5.69 Å². The standard InChI is InChI=1S/C19H19N5O/c1-15(16-7-9-18(10-8-16)24-12-11-20-14-24)22-23-19(25)13-21-17-5-3-2-4-6-17/h2-12,14,21H,13H2,1H3,(H,23,25)/b22-15+. The van der Waals surface area contributed by atoms with E-state index in [1.54, 1.807) is 12.5 Å². The Bertz CT molecular complexity index is 839. The van der Waals surface area contributed by atoms with E-state index in [1.165, 1.54) is 0 Å². The van der Waals surface area contributed by atoms with Crippen molar-refractivity contribution in [2.24, 2.45) is 5.10 Å². The van der Waals surface area contributed by atoms with Crippen LogP contribution in [0.1, 0.15) is 12.5 Å². The summed E-state index contributed by atoms with van der Waals surface area (Å²) in [5.41, 5.74) is 6.17. The van der Waals surface area contributed by atoms with Crippen LogP contribution in [0.4, 0.5) is 5.69 Å². The maximum atomic E-state index is 11.9. The van der Waals surface area contributed by atoms with Gasteiger partial charge >= 0.3 is 0 Å². The smallest absolute Gasteiger partial charge is 0.259 e. The van der Waals surface area contributed by atoms with Crippen LogP contribution in [-0.2, 0) is 4.79 Å². The number of hydrogen-bond acceptors (Lipinski definition) is 4. The number of imidazole rings is 1. The Hall–Kier alpha value is -3.41. The lowest BCUT2D eigenvalue weighted by Gasteiger charge is -2.07. The molecule has 0 atom stereocenters. The second-order valence-electron chi connectivity index (χ2n) is 5.47. The summed E-state index contributed by atoms with van der Waals surface area (Å²) in [6.07, 6.45) is 5.37. The maximum absolute atomic E-state index is 11.9. The SMILES string of the molecule is C/C(=N\NC(=O)CNc1ccccc1)c1ccc(-n2ccnc2)cc1. The van der Waals surface area contributed by atoms with Crippen LogP contribution in [0.5, 0.6) is 0 Å². The Morgan fingerprint density at radius 2 is 1.88 bits per heavy atom. The Labute approximate surface area is 146 Å². The van der Waals surface area contributed by atoms with Crippen LogP contribution >= 0.6 is 0 Å². The van der Waals surface area contributed by atoms with E-state index >= 15 is 0 Å². The van der Waals surface area contributed by atoms with Gasteiger partial charge in [0.15, 0.2) is 0 Å². The number of carbonyl (C=O) groups is 1. The minimum Gasteiger partial charge on any atom is -0.376 e. The Balaban J connectivity index is 1.55. The minimum atomic E-state index is -0.196. The summed E-state index contributed by atoms with van der Waals surface area (Å²) < 4.78 is 1.92. The van der Waals surface area contributed by atoms with Gasteiger partial charge in [-0.15, -0.1) is 0 Å². The van der Waals surface area contributed by atoms with Crippen LogP contribution < -0.4 is 10.7 Å². The van der Waals surface area contributed by atoms with Crippen LogP contribution in [0.3, 0.4) is 0 Å². The van der Waals surface area contributed by atoms with E-state index in [9.17, 15) is 4.79 Å². The molecule has 0 spiro atoms. The highest BCUT2D eigenvalue weighted by molar-refractivity contribution is 5.99. The predicted octanol–water partition coefficient (Wildman–Crippen LogP) is 2.82. The normalized spacial score (nSPS) is 11.2. The molecule has 0 aliphatic heterocycles. The summed E-state index contributed by atoms with van der Waals surface area (Å²) in [5, 5.41) is 7.20.